The minimum atomic E-state index is -0.0410. The molecule has 1 aromatic heterocycles. The molecule has 1 N–H and O–H groups in total. The van der Waals surface area contributed by atoms with Gasteiger partial charge in [-0.1, -0.05) is 11.8 Å². The van der Waals surface area contributed by atoms with E-state index in [0.717, 1.165) is 5.56 Å². The summed E-state index contributed by atoms with van der Waals surface area (Å²) in [5.41, 5.74) is 0.757. The molecule has 0 aliphatic heterocycles. The maximum Gasteiger partial charge on any atom is 0.229 e. The summed E-state index contributed by atoms with van der Waals surface area (Å²) in [5, 5.41) is 2.67. The number of pyridine rings is 1. The quantitative estimate of drug-likeness (QED) is 0.607. The highest BCUT2D eigenvalue weighted by Gasteiger charge is 1.97. The Hall–Kier alpha value is -2.02. The molecule has 0 spiro atoms. The van der Waals surface area contributed by atoms with Crippen molar-refractivity contribution in [3.63, 3.8) is 0 Å². The molecule has 1 amide bonds. The molecular formula is C12H14N2O2. The highest BCUT2D eigenvalue weighted by Crippen LogP contribution is 2.11. The lowest BCUT2D eigenvalue weighted by atomic mass is 10.2. The second kappa shape index (κ2) is 6.46. The number of nitrogens with zero attached hydrogens (tertiary/aromatic N) is 1. The van der Waals surface area contributed by atoms with E-state index in [1.807, 2.05) is 6.07 Å². The van der Waals surface area contributed by atoms with Crippen LogP contribution in [-0.4, -0.2) is 24.5 Å². The predicted molar refractivity (Wildman–Crippen MR) is 61.0 cm³/mol. The van der Waals surface area contributed by atoms with Crippen molar-refractivity contribution in [1.82, 2.24) is 10.3 Å². The van der Waals surface area contributed by atoms with Gasteiger partial charge in [0.25, 0.3) is 0 Å². The van der Waals surface area contributed by atoms with Crippen LogP contribution in [0.3, 0.4) is 0 Å². The molecule has 0 unspecified atom stereocenters. The number of carbonyl (C=O) groups excluding carboxylic acids is 1. The summed E-state index contributed by atoms with van der Waals surface area (Å²) >= 11 is 0. The molecule has 0 saturated carbocycles. The van der Waals surface area contributed by atoms with Gasteiger partial charge in [0.1, 0.15) is 0 Å². The van der Waals surface area contributed by atoms with Gasteiger partial charge >= 0.3 is 0 Å². The largest absolute Gasteiger partial charge is 0.480 e. The van der Waals surface area contributed by atoms with E-state index in [4.69, 9.17) is 4.74 Å². The molecule has 0 fully saturated rings. The molecule has 0 aliphatic carbocycles. The van der Waals surface area contributed by atoms with Gasteiger partial charge in [0, 0.05) is 26.1 Å². The molecule has 1 rings (SSSR count). The van der Waals surface area contributed by atoms with Crippen LogP contribution in [0.2, 0.25) is 0 Å². The fourth-order valence-corrected chi connectivity index (χ4v) is 1.11. The zero-order chi connectivity index (χ0) is 11.8. The van der Waals surface area contributed by atoms with Gasteiger partial charge in [0.15, 0.2) is 0 Å². The van der Waals surface area contributed by atoms with E-state index in [1.165, 1.54) is 6.92 Å². The van der Waals surface area contributed by atoms with Crippen LogP contribution in [0.1, 0.15) is 18.9 Å². The Morgan fingerprint density at radius 2 is 2.44 bits per heavy atom. The Labute approximate surface area is 95.0 Å². The summed E-state index contributed by atoms with van der Waals surface area (Å²) in [6, 6.07) is 3.65. The first-order chi connectivity index (χ1) is 7.74. The van der Waals surface area contributed by atoms with Crippen molar-refractivity contribution in [2.75, 3.05) is 13.7 Å². The van der Waals surface area contributed by atoms with Crippen LogP contribution < -0.4 is 10.1 Å². The Kier molecular flexibility index (Phi) is 4.87. The van der Waals surface area contributed by atoms with Crippen molar-refractivity contribution in [1.29, 1.82) is 0 Å². The topological polar surface area (TPSA) is 51.2 Å². The van der Waals surface area contributed by atoms with Gasteiger partial charge in [-0.2, -0.15) is 0 Å². The van der Waals surface area contributed by atoms with Crippen molar-refractivity contribution in [2.45, 2.75) is 13.3 Å². The maximum absolute atomic E-state index is 10.6. The van der Waals surface area contributed by atoms with Crippen molar-refractivity contribution in [3.8, 4) is 17.7 Å². The average molecular weight is 218 g/mol. The minimum Gasteiger partial charge on any atom is -0.480 e. The molecular weight excluding hydrogens is 204 g/mol. The number of methoxy groups -OCH3 is 1. The van der Waals surface area contributed by atoms with E-state index in [1.54, 1.807) is 19.4 Å². The number of amides is 1. The summed E-state index contributed by atoms with van der Waals surface area (Å²) in [6.45, 7) is 2.04. The third-order valence-electron chi connectivity index (χ3n) is 1.81. The van der Waals surface area contributed by atoms with Crippen LogP contribution in [-0.2, 0) is 4.79 Å². The first-order valence-corrected chi connectivity index (χ1v) is 4.96. The Morgan fingerprint density at radius 3 is 3.12 bits per heavy atom. The third-order valence-corrected chi connectivity index (χ3v) is 1.81. The minimum absolute atomic E-state index is 0.0410. The van der Waals surface area contributed by atoms with Crippen molar-refractivity contribution in [3.05, 3.63) is 23.9 Å². The van der Waals surface area contributed by atoms with Crippen LogP contribution in [0, 0.1) is 11.8 Å². The molecule has 0 aliphatic rings. The second-order valence-electron chi connectivity index (χ2n) is 3.09. The highest BCUT2D eigenvalue weighted by molar-refractivity contribution is 5.72. The number of hydrogen-bond donors (Lipinski definition) is 1. The summed E-state index contributed by atoms with van der Waals surface area (Å²) in [5.74, 6) is 6.38. The van der Waals surface area contributed by atoms with Crippen LogP contribution >= 0.6 is 0 Å². The van der Waals surface area contributed by atoms with Gasteiger partial charge < -0.3 is 10.1 Å². The van der Waals surface area contributed by atoms with Crippen molar-refractivity contribution >= 4 is 5.91 Å². The van der Waals surface area contributed by atoms with Crippen LogP contribution in [0.15, 0.2) is 18.3 Å². The zero-order valence-corrected chi connectivity index (χ0v) is 9.41. The first kappa shape index (κ1) is 12.1. The molecule has 0 saturated heterocycles. The van der Waals surface area contributed by atoms with Gasteiger partial charge in [-0.25, -0.2) is 4.98 Å². The SMILES string of the molecule is COc1ncccc1C#CCCNC(C)=O. The Morgan fingerprint density at radius 1 is 1.62 bits per heavy atom. The Balaban J connectivity index is 2.52. The molecule has 0 bridgehead atoms. The standard InChI is InChI=1S/C12H14N2O2/c1-10(15)13-8-4-3-6-11-7-5-9-14-12(11)16-2/h5,7,9H,4,8H2,1-2H3,(H,13,15). The van der Waals surface area contributed by atoms with E-state index in [2.05, 4.69) is 22.1 Å². The van der Waals surface area contributed by atoms with E-state index >= 15 is 0 Å². The lowest BCUT2D eigenvalue weighted by molar-refractivity contribution is -0.118. The van der Waals surface area contributed by atoms with Gasteiger partial charge in [0.05, 0.1) is 12.7 Å². The van der Waals surface area contributed by atoms with Crippen LogP contribution in [0.5, 0.6) is 5.88 Å². The smallest absolute Gasteiger partial charge is 0.229 e. The van der Waals surface area contributed by atoms with Crippen molar-refractivity contribution < 1.29 is 9.53 Å². The zero-order valence-electron chi connectivity index (χ0n) is 9.41. The van der Waals surface area contributed by atoms with Gasteiger partial charge in [0.2, 0.25) is 11.8 Å². The van der Waals surface area contributed by atoms with Crippen LogP contribution in [0.4, 0.5) is 0 Å². The van der Waals surface area contributed by atoms with Crippen LogP contribution in [0.25, 0.3) is 0 Å². The van der Waals surface area contributed by atoms with E-state index < -0.39 is 0 Å². The molecule has 4 nitrogen and oxygen atoms in total. The molecule has 0 radical (unpaired) electrons. The number of ether oxygens (including phenoxy) is 1. The molecule has 0 aromatic carbocycles. The van der Waals surface area contributed by atoms with E-state index in [9.17, 15) is 4.79 Å². The average Bonchev–Trinajstić information content (AvgIpc) is 2.29. The number of rotatable bonds is 3. The molecule has 1 aromatic rings. The lowest BCUT2D eigenvalue weighted by Gasteiger charge is -1.99. The lowest BCUT2D eigenvalue weighted by Crippen LogP contribution is -2.20. The number of hydrogen-bond acceptors (Lipinski definition) is 3. The second-order valence-corrected chi connectivity index (χ2v) is 3.09. The fraction of sp³-hybridized carbons (Fsp3) is 0.333. The normalized spacial score (nSPS) is 8.88. The molecule has 0 atom stereocenters. The molecule has 16 heavy (non-hydrogen) atoms. The summed E-state index contributed by atoms with van der Waals surface area (Å²) in [6.07, 6.45) is 2.26. The first-order valence-electron chi connectivity index (χ1n) is 4.96. The highest BCUT2D eigenvalue weighted by atomic mass is 16.5. The maximum atomic E-state index is 10.6. The van der Waals surface area contributed by atoms with Crippen molar-refractivity contribution in [2.24, 2.45) is 0 Å². The van der Waals surface area contributed by atoms with E-state index in [0.29, 0.717) is 18.8 Å². The molecule has 1 heterocycles. The number of nitrogens with one attached hydrogen (secondary N) is 1. The predicted octanol–water partition coefficient (Wildman–Crippen LogP) is 0.968. The van der Waals surface area contributed by atoms with E-state index in [-0.39, 0.29) is 5.91 Å². The van der Waals surface area contributed by atoms with Gasteiger partial charge in [-0.15, -0.1) is 0 Å². The van der Waals surface area contributed by atoms with Gasteiger partial charge in [-0.05, 0) is 12.1 Å². The Bertz CT molecular complexity index is 419. The fourth-order valence-electron chi connectivity index (χ4n) is 1.11. The monoisotopic (exact) mass is 218 g/mol. The third kappa shape index (κ3) is 4.01. The number of carbonyl (C=O) groups is 1. The number of aromatic nitrogens is 1. The summed E-state index contributed by atoms with van der Waals surface area (Å²) in [4.78, 5) is 14.6. The molecule has 84 valence electrons. The van der Waals surface area contributed by atoms with Gasteiger partial charge in [-0.3, -0.25) is 4.79 Å². The summed E-state index contributed by atoms with van der Waals surface area (Å²) < 4.78 is 5.06. The molecule has 4 heteroatoms. The summed E-state index contributed by atoms with van der Waals surface area (Å²) in [7, 11) is 1.56.